The molecule has 1 N–H and O–H groups in total. The zero-order valence-corrected chi connectivity index (χ0v) is 20.6. The van der Waals surface area contributed by atoms with Crippen LogP contribution in [-0.4, -0.2) is 22.4 Å². The lowest BCUT2D eigenvalue weighted by molar-refractivity contribution is -0.497. The molecule has 174 valence electrons. The van der Waals surface area contributed by atoms with Crippen molar-refractivity contribution in [3.63, 3.8) is 0 Å². The molecule has 1 saturated heterocycles. The monoisotopic (exact) mass is 428 g/mol. The van der Waals surface area contributed by atoms with E-state index >= 15 is 0 Å². The third kappa shape index (κ3) is 2.88. The number of fused-ring (bicyclic) bond motifs is 2. The first-order valence-electron chi connectivity index (χ1n) is 13.0. The van der Waals surface area contributed by atoms with Crippen LogP contribution in [-0.2, 0) is 9.78 Å². The molecule has 0 aromatic heterocycles. The lowest BCUT2D eigenvalue weighted by atomic mass is 9.43. The summed E-state index contributed by atoms with van der Waals surface area (Å²) < 4.78 is 0. The van der Waals surface area contributed by atoms with Crippen LogP contribution in [0.15, 0.2) is 24.3 Å². The third-order valence-electron chi connectivity index (χ3n) is 11.1. The SMILES string of the molecule is CC(C)[C@@H](C)/C=C/[C@@H](C)[C@H]1CC[C@@H]2[C@]1(C)CCC1[C@]23C=CC2(CC(O)CC[C@]12C)OO3. The topological polar surface area (TPSA) is 38.7 Å². The van der Waals surface area contributed by atoms with Crippen LogP contribution in [0.25, 0.3) is 0 Å². The van der Waals surface area contributed by atoms with Gasteiger partial charge in [-0.15, -0.1) is 0 Å². The van der Waals surface area contributed by atoms with Crippen molar-refractivity contribution in [2.75, 3.05) is 0 Å². The minimum absolute atomic E-state index is 0.0663. The van der Waals surface area contributed by atoms with Crippen molar-refractivity contribution in [3.8, 4) is 0 Å². The summed E-state index contributed by atoms with van der Waals surface area (Å²) in [5.74, 6) is 3.64. The Morgan fingerprint density at radius 3 is 2.35 bits per heavy atom. The molecule has 6 aliphatic rings. The Hall–Kier alpha value is -0.640. The van der Waals surface area contributed by atoms with E-state index in [4.69, 9.17) is 9.78 Å². The maximum atomic E-state index is 10.4. The first-order chi connectivity index (χ1) is 14.6. The van der Waals surface area contributed by atoms with E-state index in [1.54, 1.807) is 0 Å². The smallest absolute Gasteiger partial charge is 0.130 e. The first-order valence-corrected chi connectivity index (χ1v) is 13.0. The molecule has 4 fully saturated rings. The van der Waals surface area contributed by atoms with Gasteiger partial charge in [0, 0.05) is 23.7 Å². The van der Waals surface area contributed by atoms with Gasteiger partial charge >= 0.3 is 0 Å². The van der Waals surface area contributed by atoms with Gasteiger partial charge in [0.25, 0.3) is 0 Å². The molecular formula is C28H44O3. The van der Waals surface area contributed by atoms with Gasteiger partial charge < -0.3 is 5.11 Å². The van der Waals surface area contributed by atoms with Gasteiger partial charge in [-0.3, -0.25) is 0 Å². The highest BCUT2D eigenvalue weighted by molar-refractivity contribution is 5.33. The van der Waals surface area contributed by atoms with E-state index in [9.17, 15) is 5.11 Å². The summed E-state index contributed by atoms with van der Waals surface area (Å²) in [6, 6.07) is 0. The molecule has 2 aliphatic heterocycles. The van der Waals surface area contributed by atoms with Crippen LogP contribution < -0.4 is 0 Å². The molecule has 2 bridgehead atoms. The van der Waals surface area contributed by atoms with Crippen LogP contribution in [0.5, 0.6) is 0 Å². The number of aliphatic hydroxyl groups is 1. The highest BCUT2D eigenvalue weighted by Crippen LogP contribution is 2.72. The van der Waals surface area contributed by atoms with Crippen LogP contribution in [0.2, 0.25) is 0 Å². The highest BCUT2D eigenvalue weighted by Gasteiger charge is 2.74. The average molecular weight is 429 g/mol. The van der Waals surface area contributed by atoms with Gasteiger partial charge in [-0.05, 0) is 73.7 Å². The fourth-order valence-corrected chi connectivity index (χ4v) is 8.71. The van der Waals surface area contributed by atoms with E-state index in [0.717, 1.165) is 12.8 Å². The van der Waals surface area contributed by atoms with E-state index in [2.05, 4.69) is 65.8 Å². The Morgan fingerprint density at radius 2 is 1.68 bits per heavy atom. The average Bonchev–Trinajstić information content (AvgIpc) is 3.09. The van der Waals surface area contributed by atoms with Gasteiger partial charge in [0.2, 0.25) is 0 Å². The quantitative estimate of drug-likeness (QED) is 0.412. The van der Waals surface area contributed by atoms with E-state index in [1.165, 1.54) is 25.7 Å². The van der Waals surface area contributed by atoms with Crippen molar-refractivity contribution in [3.05, 3.63) is 24.3 Å². The zero-order chi connectivity index (χ0) is 22.2. The Labute approximate surface area is 189 Å². The number of hydrogen-bond acceptors (Lipinski definition) is 3. The normalized spacial score (nSPS) is 52.8. The first kappa shape index (κ1) is 22.2. The second-order valence-electron chi connectivity index (χ2n) is 12.7. The molecule has 2 heterocycles. The Kier molecular flexibility index (Phi) is 5.13. The molecule has 0 amide bonds. The van der Waals surface area contributed by atoms with Crippen LogP contribution >= 0.6 is 0 Å². The van der Waals surface area contributed by atoms with Crippen LogP contribution in [0.1, 0.15) is 86.5 Å². The summed E-state index contributed by atoms with van der Waals surface area (Å²) in [7, 11) is 0. The number of hydrogen-bond donors (Lipinski definition) is 1. The van der Waals surface area contributed by atoms with Crippen molar-refractivity contribution >= 4 is 0 Å². The van der Waals surface area contributed by atoms with Gasteiger partial charge in [0.1, 0.15) is 11.2 Å². The van der Waals surface area contributed by atoms with Crippen molar-refractivity contribution in [2.24, 2.45) is 46.3 Å². The second-order valence-corrected chi connectivity index (χ2v) is 12.7. The van der Waals surface area contributed by atoms with E-state index in [1.807, 2.05) is 0 Å². The Morgan fingerprint density at radius 1 is 0.903 bits per heavy atom. The van der Waals surface area contributed by atoms with Gasteiger partial charge in [0.05, 0.1) is 6.10 Å². The third-order valence-corrected chi connectivity index (χ3v) is 11.1. The van der Waals surface area contributed by atoms with Crippen LogP contribution in [0.3, 0.4) is 0 Å². The molecule has 3 nitrogen and oxygen atoms in total. The molecule has 6 rings (SSSR count). The largest absolute Gasteiger partial charge is 0.393 e. The molecule has 2 spiro atoms. The summed E-state index contributed by atoms with van der Waals surface area (Å²) in [6.45, 7) is 14.4. The van der Waals surface area contributed by atoms with Crippen LogP contribution in [0.4, 0.5) is 0 Å². The summed E-state index contributed by atoms with van der Waals surface area (Å²) in [5, 5.41) is 10.4. The second kappa shape index (κ2) is 7.18. The summed E-state index contributed by atoms with van der Waals surface area (Å²) in [6.07, 6.45) is 17.0. The predicted octanol–water partition coefficient (Wildman–Crippen LogP) is 6.47. The molecule has 3 saturated carbocycles. The molecule has 31 heavy (non-hydrogen) atoms. The van der Waals surface area contributed by atoms with Crippen molar-refractivity contribution in [1.29, 1.82) is 0 Å². The van der Waals surface area contributed by atoms with Crippen LogP contribution in [0, 0.1) is 46.3 Å². The Balaban J connectivity index is 1.45. The maximum Gasteiger partial charge on any atom is 0.130 e. The number of aliphatic hydroxyl groups excluding tert-OH is 1. The van der Waals surface area contributed by atoms with Gasteiger partial charge in [-0.25, -0.2) is 9.78 Å². The van der Waals surface area contributed by atoms with E-state index < -0.39 is 5.60 Å². The molecule has 4 aliphatic carbocycles. The maximum absolute atomic E-state index is 10.4. The van der Waals surface area contributed by atoms with Crippen molar-refractivity contribution in [2.45, 2.75) is 104 Å². The fraction of sp³-hybridized carbons (Fsp3) is 0.857. The molecule has 3 heteroatoms. The summed E-state index contributed by atoms with van der Waals surface area (Å²) >= 11 is 0. The molecule has 3 unspecified atom stereocenters. The Bertz CT molecular complexity index is 772. The van der Waals surface area contributed by atoms with E-state index in [-0.39, 0.29) is 22.5 Å². The fourth-order valence-electron chi connectivity index (χ4n) is 8.71. The van der Waals surface area contributed by atoms with Gasteiger partial charge in [-0.1, -0.05) is 59.8 Å². The minimum atomic E-state index is -0.439. The molecule has 0 aromatic rings. The number of allylic oxidation sites excluding steroid dienone is 2. The van der Waals surface area contributed by atoms with Crippen molar-refractivity contribution < 1.29 is 14.9 Å². The molecule has 0 aromatic carbocycles. The highest BCUT2D eigenvalue weighted by atomic mass is 17.2. The molecule has 0 radical (unpaired) electrons. The lowest BCUT2D eigenvalue weighted by Crippen LogP contribution is -2.73. The number of rotatable bonds is 4. The molecular weight excluding hydrogens is 384 g/mol. The van der Waals surface area contributed by atoms with Gasteiger partial charge in [-0.2, -0.15) is 0 Å². The lowest BCUT2D eigenvalue weighted by Gasteiger charge is -2.69. The predicted molar refractivity (Wildman–Crippen MR) is 124 cm³/mol. The standard InChI is InChI=1S/C28H44O3/c1-18(2)19(3)7-8-20(4)22-9-10-23-25(22,5)13-12-24-26(6)14-11-21(29)17-27(26)15-16-28(23,24)31-30-27/h7-8,15-16,18-24,29H,9-14,17H2,1-6H3/b8-7+/t19-,20+,21?,22+,23+,24?,25+,26+,27?,28-/m0/s1. The molecule has 10 atom stereocenters. The summed E-state index contributed by atoms with van der Waals surface area (Å²) in [5.41, 5.74) is -0.366. The summed E-state index contributed by atoms with van der Waals surface area (Å²) in [4.78, 5) is 12.8. The zero-order valence-electron chi connectivity index (χ0n) is 20.6. The van der Waals surface area contributed by atoms with E-state index in [0.29, 0.717) is 41.9 Å². The minimum Gasteiger partial charge on any atom is -0.393 e. The van der Waals surface area contributed by atoms with Crippen molar-refractivity contribution in [1.82, 2.24) is 0 Å². The van der Waals surface area contributed by atoms with Gasteiger partial charge in [0.15, 0.2) is 0 Å².